The van der Waals surface area contributed by atoms with Gasteiger partial charge in [-0.2, -0.15) is 0 Å². The second-order valence-electron chi connectivity index (χ2n) is 7.22. The molecule has 2 heterocycles. The summed E-state index contributed by atoms with van der Waals surface area (Å²) >= 11 is 1.71. The first kappa shape index (κ1) is 18.5. The van der Waals surface area contributed by atoms with Gasteiger partial charge in [0.25, 0.3) is 11.8 Å². The highest BCUT2D eigenvalue weighted by Crippen LogP contribution is 2.37. The Morgan fingerprint density at radius 1 is 1.07 bits per heavy atom. The minimum Gasteiger partial charge on any atom is -0.345 e. The summed E-state index contributed by atoms with van der Waals surface area (Å²) in [6.07, 6.45) is 8.22. The number of carbonyl (C=O) groups is 2. The zero-order chi connectivity index (χ0) is 19.7. The number of amides is 2. The van der Waals surface area contributed by atoms with Gasteiger partial charge in [0.05, 0.1) is 5.56 Å². The number of aromatic nitrogens is 1. The molecule has 0 radical (unpaired) electrons. The third-order valence-electron chi connectivity index (χ3n) is 4.99. The maximum atomic E-state index is 13.3. The molecule has 0 spiro atoms. The standard InChI is InChI=1S/C22H23N3O2S/c1-24(2)21(27)15-8-7-9-16(14-15)23-20(26)19-17-10-3-4-11-18(17)28-22(19)25-12-5-6-13-25/h5-9,12-14H,3-4,10-11H2,1-2H3,(H,23,26). The third-order valence-corrected chi connectivity index (χ3v) is 6.30. The molecule has 1 aliphatic carbocycles. The molecular weight excluding hydrogens is 370 g/mol. The van der Waals surface area contributed by atoms with Crippen molar-refractivity contribution in [1.82, 2.24) is 9.47 Å². The van der Waals surface area contributed by atoms with Crippen LogP contribution in [0.25, 0.3) is 5.00 Å². The van der Waals surface area contributed by atoms with E-state index in [1.54, 1.807) is 43.6 Å². The van der Waals surface area contributed by atoms with E-state index in [2.05, 4.69) is 5.32 Å². The van der Waals surface area contributed by atoms with E-state index in [1.807, 2.05) is 35.2 Å². The van der Waals surface area contributed by atoms with E-state index in [9.17, 15) is 9.59 Å². The minimum atomic E-state index is -0.113. The number of nitrogens with one attached hydrogen (secondary N) is 1. The predicted octanol–water partition coefficient (Wildman–Crippen LogP) is 4.37. The van der Waals surface area contributed by atoms with E-state index in [4.69, 9.17) is 0 Å². The van der Waals surface area contributed by atoms with Crippen LogP contribution in [0.2, 0.25) is 0 Å². The topological polar surface area (TPSA) is 54.3 Å². The molecule has 2 amide bonds. The third kappa shape index (κ3) is 3.47. The van der Waals surface area contributed by atoms with E-state index >= 15 is 0 Å². The van der Waals surface area contributed by atoms with Crippen LogP contribution in [0.1, 0.15) is 44.0 Å². The second-order valence-corrected chi connectivity index (χ2v) is 8.30. The van der Waals surface area contributed by atoms with Gasteiger partial charge in [0.2, 0.25) is 0 Å². The maximum absolute atomic E-state index is 13.3. The zero-order valence-electron chi connectivity index (χ0n) is 16.1. The molecule has 0 unspecified atom stereocenters. The molecule has 1 aliphatic rings. The van der Waals surface area contributed by atoms with Gasteiger partial charge < -0.3 is 14.8 Å². The van der Waals surface area contributed by atoms with E-state index in [0.717, 1.165) is 29.8 Å². The van der Waals surface area contributed by atoms with Crippen molar-refractivity contribution in [3.05, 3.63) is 70.4 Å². The van der Waals surface area contributed by atoms with E-state index in [-0.39, 0.29) is 11.8 Å². The normalized spacial score (nSPS) is 13.1. The van der Waals surface area contributed by atoms with Crippen LogP contribution < -0.4 is 5.32 Å². The number of anilines is 1. The molecule has 144 valence electrons. The number of hydrogen-bond donors (Lipinski definition) is 1. The molecule has 0 aliphatic heterocycles. The van der Waals surface area contributed by atoms with Crippen molar-refractivity contribution >= 4 is 28.8 Å². The summed E-state index contributed by atoms with van der Waals surface area (Å²) in [5.41, 5.74) is 3.13. The van der Waals surface area contributed by atoms with Crippen molar-refractivity contribution in [2.45, 2.75) is 25.7 Å². The molecule has 1 N–H and O–H groups in total. The van der Waals surface area contributed by atoms with Gasteiger partial charge in [-0.05, 0) is 61.6 Å². The number of thiophene rings is 1. The Balaban J connectivity index is 1.68. The zero-order valence-corrected chi connectivity index (χ0v) is 16.9. The van der Waals surface area contributed by atoms with Crippen molar-refractivity contribution in [2.75, 3.05) is 19.4 Å². The fourth-order valence-electron chi connectivity index (χ4n) is 3.62. The average molecular weight is 394 g/mol. The molecular formula is C22H23N3O2S. The second kappa shape index (κ2) is 7.64. The minimum absolute atomic E-state index is 0.0861. The number of hydrogen-bond acceptors (Lipinski definition) is 3. The Morgan fingerprint density at radius 2 is 1.82 bits per heavy atom. The Kier molecular flexibility index (Phi) is 5.05. The lowest BCUT2D eigenvalue weighted by molar-refractivity contribution is 0.0827. The van der Waals surface area contributed by atoms with Gasteiger partial charge >= 0.3 is 0 Å². The molecule has 1 aromatic carbocycles. The summed E-state index contributed by atoms with van der Waals surface area (Å²) in [6, 6.07) is 11.0. The van der Waals surface area contributed by atoms with Gasteiger partial charge in [-0.1, -0.05) is 6.07 Å². The fourth-order valence-corrected chi connectivity index (χ4v) is 4.97. The molecule has 4 rings (SSSR count). The monoisotopic (exact) mass is 393 g/mol. The number of nitrogens with zero attached hydrogens (tertiary/aromatic N) is 2. The highest BCUT2D eigenvalue weighted by molar-refractivity contribution is 7.15. The largest absolute Gasteiger partial charge is 0.345 e. The smallest absolute Gasteiger partial charge is 0.258 e. The lowest BCUT2D eigenvalue weighted by atomic mass is 9.95. The van der Waals surface area contributed by atoms with Crippen molar-refractivity contribution in [3.63, 3.8) is 0 Å². The quantitative estimate of drug-likeness (QED) is 0.715. The van der Waals surface area contributed by atoms with Crippen LogP contribution in [0.4, 0.5) is 5.69 Å². The van der Waals surface area contributed by atoms with E-state index in [0.29, 0.717) is 11.3 Å². The highest BCUT2D eigenvalue weighted by Gasteiger charge is 2.26. The molecule has 5 nitrogen and oxygen atoms in total. The van der Waals surface area contributed by atoms with Gasteiger partial charge in [0.15, 0.2) is 0 Å². The number of aryl methyl sites for hydroxylation is 1. The van der Waals surface area contributed by atoms with Crippen molar-refractivity contribution in [3.8, 4) is 5.00 Å². The number of fused-ring (bicyclic) bond motifs is 1. The SMILES string of the molecule is CN(C)C(=O)c1cccc(NC(=O)c2c(-n3cccc3)sc3c2CCCC3)c1. The Bertz CT molecular complexity index is 1020. The molecule has 0 atom stereocenters. The lowest BCUT2D eigenvalue weighted by Gasteiger charge is -2.14. The van der Waals surface area contributed by atoms with Crippen LogP contribution in [-0.4, -0.2) is 35.4 Å². The Hall–Kier alpha value is -2.86. The van der Waals surface area contributed by atoms with Gasteiger partial charge in [-0.15, -0.1) is 11.3 Å². The van der Waals surface area contributed by atoms with Gasteiger partial charge in [0, 0.05) is 42.6 Å². The van der Waals surface area contributed by atoms with Gasteiger partial charge in [-0.3, -0.25) is 9.59 Å². The summed E-state index contributed by atoms with van der Waals surface area (Å²) in [7, 11) is 3.43. The summed E-state index contributed by atoms with van der Waals surface area (Å²) in [6.45, 7) is 0. The van der Waals surface area contributed by atoms with Crippen LogP contribution in [0, 0.1) is 0 Å². The predicted molar refractivity (Wildman–Crippen MR) is 113 cm³/mol. The molecule has 3 aromatic rings. The maximum Gasteiger partial charge on any atom is 0.258 e. The summed E-state index contributed by atoms with van der Waals surface area (Å²) in [4.78, 5) is 28.3. The van der Waals surface area contributed by atoms with Crippen LogP contribution >= 0.6 is 11.3 Å². The van der Waals surface area contributed by atoms with Crippen molar-refractivity contribution < 1.29 is 9.59 Å². The summed E-state index contributed by atoms with van der Waals surface area (Å²) in [5.74, 6) is -0.199. The van der Waals surface area contributed by atoms with Crippen LogP contribution in [0.15, 0.2) is 48.8 Å². The molecule has 6 heteroatoms. The lowest BCUT2D eigenvalue weighted by Crippen LogP contribution is -2.22. The van der Waals surface area contributed by atoms with Crippen LogP contribution in [-0.2, 0) is 12.8 Å². The average Bonchev–Trinajstić information content (AvgIpc) is 3.34. The number of rotatable bonds is 4. The summed E-state index contributed by atoms with van der Waals surface area (Å²) < 4.78 is 2.02. The number of carbonyl (C=O) groups excluding carboxylic acids is 2. The van der Waals surface area contributed by atoms with Gasteiger partial charge in [0.1, 0.15) is 5.00 Å². The Morgan fingerprint density at radius 3 is 2.57 bits per heavy atom. The van der Waals surface area contributed by atoms with Crippen molar-refractivity contribution in [1.29, 1.82) is 0 Å². The summed E-state index contributed by atoms with van der Waals surface area (Å²) in [5, 5.41) is 3.98. The van der Waals surface area contributed by atoms with Crippen LogP contribution in [0.3, 0.4) is 0 Å². The fraction of sp³-hybridized carbons (Fsp3) is 0.273. The first-order valence-electron chi connectivity index (χ1n) is 9.45. The number of benzene rings is 1. The molecule has 0 bridgehead atoms. The molecule has 28 heavy (non-hydrogen) atoms. The molecule has 0 saturated carbocycles. The molecule has 2 aromatic heterocycles. The first-order chi connectivity index (χ1) is 13.5. The molecule has 0 fully saturated rings. The van der Waals surface area contributed by atoms with Gasteiger partial charge in [-0.25, -0.2) is 0 Å². The Labute approximate surface area is 168 Å². The van der Waals surface area contributed by atoms with Crippen molar-refractivity contribution in [2.24, 2.45) is 0 Å². The molecule has 0 saturated heterocycles. The highest BCUT2D eigenvalue weighted by atomic mass is 32.1. The van der Waals surface area contributed by atoms with E-state index < -0.39 is 0 Å². The first-order valence-corrected chi connectivity index (χ1v) is 10.3. The van der Waals surface area contributed by atoms with E-state index in [1.165, 1.54) is 21.8 Å². The van der Waals surface area contributed by atoms with Crippen LogP contribution in [0.5, 0.6) is 0 Å².